The van der Waals surface area contributed by atoms with Crippen molar-refractivity contribution in [2.24, 2.45) is 11.8 Å². The molecule has 1 aliphatic heterocycles. The molecular formula is C36H52IrNO2Si2-. The van der Waals surface area contributed by atoms with Gasteiger partial charge in [0.2, 0.25) is 0 Å². The summed E-state index contributed by atoms with van der Waals surface area (Å²) in [6, 6.07) is 17.8. The molecule has 0 amide bonds. The molecule has 1 aliphatic rings. The second kappa shape index (κ2) is 15.2. The van der Waals surface area contributed by atoms with E-state index in [1.807, 2.05) is 33.9 Å². The summed E-state index contributed by atoms with van der Waals surface area (Å²) < 4.78 is 0. The average Bonchev–Trinajstić information content (AvgIpc) is 2.91. The summed E-state index contributed by atoms with van der Waals surface area (Å²) in [6.45, 7) is 22.6. The van der Waals surface area contributed by atoms with Crippen molar-refractivity contribution in [3.8, 4) is 11.3 Å². The van der Waals surface area contributed by atoms with Crippen molar-refractivity contribution in [2.45, 2.75) is 106 Å². The zero-order valence-electron chi connectivity index (χ0n) is 27.6. The van der Waals surface area contributed by atoms with E-state index < -0.39 is 16.1 Å². The van der Waals surface area contributed by atoms with Gasteiger partial charge >= 0.3 is 0 Å². The number of aliphatic hydroxyl groups is 1. The fourth-order valence-electron chi connectivity index (χ4n) is 6.43. The molecule has 2 aromatic carbocycles. The zero-order chi connectivity index (χ0) is 30.5. The first-order valence-corrected chi connectivity index (χ1v) is 22.1. The number of benzene rings is 2. The van der Waals surface area contributed by atoms with Crippen molar-refractivity contribution < 1.29 is 30.0 Å². The van der Waals surface area contributed by atoms with Crippen LogP contribution in [0.5, 0.6) is 0 Å². The molecule has 231 valence electrons. The fraction of sp³-hybridized carbons (Fsp3) is 0.500. The molecule has 0 aliphatic carbocycles. The van der Waals surface area contributed by atoms with E-state index in [1.165, 1.54) is 40.1 Å². The van der Waals surface area contributed by atoms with Crippen molar-refractivity contribution >= 4 is 43.1 Å². The second-order valence-corrected chi connectivity index (χ2v) is 22.8. The number of hydrogen-bond acceptors (Lipinski definition) is 3. The minimum Gasteiger partial charge on any atom is -0.512 e. The third-order valence-electron chi connectivity index (χ3n) is 9.20. The van der Waals surface area contributed by atoms with E-state index in [-0.39, 0.29) is 43.5 Å². The first-order valence-electron chi connectivity index (χ1n) is 15.7. The summed E-state index contributed by atoms with van der Waals surface area (Å²) in [7, 11) is -2.84. The van der Waals surface area contributed by atoms with Crippen LogP contribution in [0.2, 0.25) is 38.3 Å². The number of fused-ring (bicyclic) bond motifs is 3. The first-order chi connectivity index (χ1) is 19.3. The maximum Gasteiger partial charge on any atom is 0.162 e. The fourth-order valence-corrected chi connectivity index (χ4v) is 17.1. The van der Waals surface area contributed by atoms with E-state index in [4.69, 9.17) is 4.98 Å². The molecule has 0 unspecified atom stereocenters. The van der Waals surface area contributed by atoms with Gasteiger partial charge in [0.1, 0.15) is 0 Å². The number of hydrogen-bond donors (Lipinski definition) is 1. The van der Waals surface area contributed by atoms with Crippen molar-refractivity contribution in [2.75, 3.05) is 0 Å². The zero-order valence-corrected chi connectivity index (χ0v) is 32.0. The summed E-state index contributed by atoms with van der Waals surface area (Å²) in [5.41, 5.74) is 4.76. The molecule has 3 aromatic rings. The van der Waals surface area contributed by atoms with Gasteiger partial charge in [-0.05, 0) is 48.2 Å². The molecule has 0 saturated carbocycles. The van der Waals surface area contributed by atoms with Crippen LogP contribution in [0.3, 0.4) is 0 Å². The Bertz CT molecular complexity index is 1380. The van der Waals surface area contributed by atoms with E-state index in [2.05, 4.69) is 76.4 Å². The Labute approximate surface area is 271 Å². The molecule has 2 heterocycles. The number of aromatic nitrogens is 1. The SMILES string of the molecule is CCC(CC)C(=O)/C=C(\O)C(CC)CC.Cc1[c-]c(-c2nccc3ccc4c(c23)[Si](C)(C)CC[Si]4(C)C)cc(C)c1.[Ir]. The van der Waals surface area contributed by atoms with Crippen LogP contribution in [-0.4, -0.2) is 32.0 Å². The summed E-state index contributed by atoms with van der Waals surface area (Å²) in [6.07, 6.45) is 6.87. The summed E-state index contributed by atoms with van der Waals surface area (Å²) in [4.78, 5) is 16.6. The molecule has 3 nitrogen and oxygen atoms in total. The first kappa shape index (κ1) is 36.3. The van der Waals surface area contributed by atoms with Gasteiger partial charge in [0.05, 0.1) is 21.9 Å². The molecule has 4 rings (SSSR count). The largest absolute Gasteiger partial charge is 0.512 e. The molecule has 0 bridgehead atoms. The van der Waals surface area contributed by atoms with Crippen LogP contribution in [0, 0.1) is 31.7 Å². The van der Waals surface area contributed by atoms with Gasteiger partial charge in [-0.2, -0.15) is 0 Å². The van der Waals surface area contributed by atoms with Crippen LogP contribution in [0.1, 0.15) is 64.5 Å². The Morgan fingerprint density at radius 1 is 0.929 bits per heavy atom. The van der Waals surface area contributed by atoms with Gasteiger partial charge in [-0.3, -0.25) is 4.79 Å². The van der Waals surface area contributed by atoms with Crippen LogP contribution in [0.15, 0.2) is 48.4 Å². The minimum absolute atomic E-state index is 0. The molecule has 1 aromatic heterocycles. The van der Waals surface area contributed by atoms with Crippen molar-refractivity contribution in [3.05, 3.63) is 65.6 Å². The monoisotopic (exact) mass is 779 g/mol. The van der Waals surface area contributed by atoms with Crippen LogP contribution in [0.4, 0.5) is 0 Å². The predicted octanol–water partition coefficient (Wildman–Crippen LogP) is 9.03. The number of ketones is 1. The molecule has 0 saturated heterocycles. The predicted molar refractivity (Wildman–Crippen MR) is 183 cm³/mol. The summed E-state index contributed by atoms with van der Waals surface area (Å²) in [5.74, 6) is 0.547. The van der Waals surface area contributed by atoms with Crippen LogP contribution < -0.4 is 10.4 Å². The van der Waals surface area contributed by atoms with E-state index >= 15 is 0 Å². The number of carbonyl (C=O) groups excluding carboxylic acids is 1. The number of nitrogens with zero attached hydrogens (tertiary/aromatic N) is 1. The van der Waals surface area contributed by atoms with Gasteiger partial charge in [-0.1, -0.05) is 102 Å². The van der Waals surface area contributed by atoms with E-state index in [0.717, 1.165) is 36.9 Å². The average molecular weight is 779 g/mol. The van der Waals surface area contributed by atoms with Gasteiger partial charge in [0.25, 0.3) is 0 Å². The number of pyridine rings is 1. The van der Waals surface area contributed by atoms with Crippen LogP contribution in [-0.2, 0) is 24.9 Å². The normalized spacial score (nSPS) is 15.6. The maximum absolute atomic E-state index is 11.7. The molecule has 1 radical (unpaired) electrons. The second-order valence-electron chi connectivity index (χ2n) is 13.3. The molecule has 0 atom stereocenters. The molecule has 1 N–H and O–H groups in total. The standard InChI is InChI=1S/C23H28NSi2.C13H24O2.Ir/c1-16-13-17(2)15-19(14-16)22-21-18(9-10-24-22)7-8-20-23(21)26(5,6)12-11-25(20,3)4;1-5-10(6-2)12(14)9-13(15)11(7-3)8-4;/h7-10,13-14H,11-12H2,1-6H3;9-11,14H,5-8H2,1-4H3;/q-1;;/b;12-9-;. The molecule has 0 fully saturated rings. The van der Waals surface area contributed by atoms with Crippen molar-refractivity contribution in [1.29, 1.82) is 0 Å². The Morgan fingerprint density at radius 3 is 2.10 bits per heavy atom. The Morgan fingerprint density at radius 2 is 1.52 bits per heavy atom. The Balaban J connectivity index is 0.000000334. The third kappa shape index (κ3) is 8.19. The molecule has 6 heteroatoms. The molecular weight excluding hydrogens is 727 g/mol. The van der Waals surface area contributed by atoms with Gasteiger partial charge < -0.3 is 10.1 Å². The van der Waals surface area contributed by atoms with E-state index in [1.54, 1.807) is 10.4 Å². The smallest absolute Gasteiger partial charge is 0.162 e. The van der Waals surface area contributed by atoms with Crippen molar-refractivity contribution in [1.82, 2.24) is 4.98 Å². The molecule has 42 heavy (non-hydrogen) atoms. The third-order valence-corrected chi connectivity index (χ3v) is 16.7. The van der Waals surface area contributed by atoms with Gasteiger partial charge in [-0.15, -0.1) is 34.9 Å². The van der Waals surface area contributed by atoms with Crippen LogP contribution >= 0.6 is 0 Å². The Kier molecular flexibility index (Phi) is 13.2. The van der Waals surface area contributed by atoms with Crippen LogP contribution in [0.25, 0.3) is 22.0 Å². The quantitative estimate of drug-likeness (QED) is 0.108. The summed E-state index contributed by atoms with van der Waals surface area (Å²) >= 11 is 0. The Hall–Kier alpha value is -1.86. The number of aliphatic hydroxyl groups excluding tert-OH is 1. The topological polar surface area (TPSA) is 50.2 Å². The number of rotatable bonds is 8. The minimum atomic E-state index is -1.48. The van der Waals surface area contributed by atoms with Gasteiger partial charge in [-0.25, -0.2) is 0 Å². The van der Waals surface area contributed by atoms with Gasteiger partial charge in [0.15, 0.2) is 5.78 Å². The van der Waals surface area contributed by atoms with E-state index in [0.29, 0.717) is 0 Å². The maximum atomic E-state index is 11.7. The number of carbonyl (C=O) groups is 1. The summed E-state index contributed by atoms with van der Waals surface area (Å²) in [5, 5.41) is 15.9. The number of allylic oxidation sites excluding steroid dienone is 2. The van der Waals surface area contributed by atoms with Gasteiger partial charge in [0, 0.05) is 44.2 Å². The van der Waals surface area contributed by atoms with E-state index in [9.17, 15) is 9.90 Å². The molecule has 0 spiro atoms. The number of aryl methyl sites for hydroxylation is 2. The van der Waals surface area contributed by atoms with Crippen molar-refractivity contribution in [3.63, 3.8) is 0 Å².